The fraction of sp³-hybridized carbons (Fsp3) is 0.300. The highest BCUT2D eigenvalue weighted by Gasteiger charge is 2.14. The van der Waals surface area contributed by atoms with Gasteiger partial charge >= 0.3 is 5.97 Å². The van der Waals surface area contributed by atoms with E-state index < -0.39 is 11.8 Å². The van der Waals surface area contributed by atoms with Crippen molar-refractivity contribution in [1.29, 1.82) is 0 Å². The van der Waals surface area contributed by atoms with Crippen LogP contribution in [0, 0.1) is 5.82 Å². The van der Waals surface area contributed by atoms with Gasteiger partial charge in [-0.25, -0.2) is 9.18 Å². The van der Waals surface area contributed by atoms with Crippen LogP contribution in [0.3, 0.4) is 0 Å². The Labute approximate surface area is 95.5 Å². The van der Waals surface area contributed by atoms with Crippen molar-refractivity contribution in [2.45, 2.75) is 13.3 Å². The molecule has 1 rings (SSSR count). The molecule has 0 bridgehead atoms. The van der Waals surface area contributed by atoms with Crippen molar-refractivity contribution >= 4 is 27.6 Å². The van der Waals surface area contributed by atoms with E-state index in [-0.39, 0.29) is 11.3 Å². The van der Waals surface area contributed by atoms with E-state index in [0.29, 0.717) is 17.5 Å². The molecule has 0 aliphatic carbocycles. The molecule has 1 aromatic carbocycles. The van der Waals surface area contributed by atoms with Crippen LogP contribution < -0.4 is 5.73 Å². The summed E-state index contributed by atoms with van der Waals surface area (Å²) in [5.41, 5.74) is 5.85. The molecule has 0 aromatic heterocycles. The van der Waals surface area contributed by atoms with Crippen LogP contribution in [0.15, 0.2) is 16.6 Å². The van der Waals surface area contributed by atoms with Crippen LogP contribution in [0.5, 0.6) is 0 Å². The molecule has 0 saturated heterocycles. The van der Waals surface area contributed by atoms with Crippen molar-refractivity contribution in [3.63, 3.8) is 0 Å². The number of nitrogen functional groups attached to an aromatic ring is 1. The fourth-order valence-electron chi connectivity index (χ4n) is 1.03. The minimum Gasteiger partial charge on any atom is -0.462 e. The smallest absolute Gasteiger partial charge is 0.340 e. The molecule has 0 aliphatic heterocycles. The van der Waals surface area contributed by atoms with E-state index in [9.17, 15) is 9.18 Å². The third kappa shape index (κ3) is 2.92. The van der Waals surface area contributed by atoms with E-state index in [4.69, 9.17) is 10.5 Å². The first kappa shape index (κ1) is 12.0. The number of carbonyl (C=O) groups excluding carboxylic acids is 1. The molecule has 1 aromatic rings. The Kier molecular flexibility index (Phi) is 4.08. The third-order valence-electron chi connectivity index (χ3n) is 1.75. The standard InChI is InChI=1S/C10H11BrFNO2/c1-2-3-15-10(14)7-4-6(12)5-8(11)9(7)13/h4-5H,2-3,13H2,1H3. The van der Waals surface area contributed by atoms with Gasteiger partial charge in [0.15, 0.2) is 0 Å². The van der Waals surface area contributed by atoms with E-state index in [0.717, 1.165) is 6.07 Å². The number of rotatable bonds is 3. The molecule has 0 saturated carbocycles. The Hall–Kier alpha value is -1.10. The third-order valence-corrected chi connectivity index (χ3v) is 2.41. The van der Waals surface area contributed by atoms with Crippen molar-refractivity contribution < 1.29 is 13.9 Å². The second-order valence-electron chi connectivity index (χ2n) is 2.98. The Bertz CT molecular complexity index is 382. The topological polar surface area (TPSA) is 52.3 Å². The first-order chi connectivity index (χ1) is 7.06. The lowest BCUT2D eigenvalue weighted by Crippen LogP contribution is -2.09. The van der Waals surface area contributed by atoms with Crippen molar-refractivity contribution in [2.24, 2.45) is 0 Å². The first-order valence-corrected chi connectivity index (χ1v) is 5.27. The van der Waals surface area contributed by atoms with Gasteiger partial charge in [0.2, 0.25) is 0 Å². The molecule has 0 fully saturated rings. The predicted molar refractivity (Wildman–Crippen MR) is 59.1 cm³/mol. The summed E-state index contributed by atoms with van der Waals surface area (Å²) in [7, 11) is 0. The zero-order valence-electron chi connectivity index (χ0n) is 8.22. The second kappa shape index (κ2) is 5.11. The van der Waals surface area contributed by atoms with Gasteiger partial charge in [-0.15, -0.1) is 0 Å². The Morgan fingerprint density at radius 3 is 2.87 bits per heavy atom. The SMILES string of the molecule is CCCOC(=O)c1cc(F)cc(Br)c1N. The quantitative estimate of drug-likeness (QED) is 0.682. The number of esters is 1. The number of hydrogen-bond donors (Lipinski definition) is 1. The fourth-order valence-corrected chi connectivity index (χ4v) is 1.46. The molecule has 15 heavy (non-hydrogen) atoms. The van der Waals surface area contributed by atoms with Gasteiger partial charge in [-0.2, -0.15) is 0 Å². The lowest BCUT2D eigenvalue weighted by molar-refractivity contribution is 0.0506. The zero-order valence-corrected chi connectivity index (χ0v) is 9.80. The molecular formula is C10H11BrFNO2. The number of ether oxygens (including phenoxy) is 1. The number of carbonyl (C=O) groups is 1. The lowest BCUT2D eigenvalue weighted by atomic mass is 10.2. The average molecular weight is 276 g/mol. The largest absolute Gasteiger partial charge is 0.462 e. The Morgan fingerprint density at radius 1 is 1.60 bits per heavy atom. The van der Waals surface area contributed by atoms with Crippen LogP contribution in [-0.2, 0) is 4.74 Å². The number of hydrogen-bond acceptors (Lipinski definition) is 3. The van der Waals surface area contributed by atoms with Gasteiger partial charge in [0, 0.05) is 4.47 Å². The van der Waals surface area contributed by atoms with E-state index in [1.54, 1.807) is 0 Å². The van der Waals surface area contributed by atoms with E-state index in [1.165, 1.54) is 6.07 Å². The summed E-state index contributed by atoms with van der Waals surface area (Å²) in [5.74, 6) is -1.13. The number of halogens is 2. The molecule has 5 heteroatoms. The number of nitrogens with two attached hydrogens (primary N) is 1. The van der Waals surface area contributed by atoms with Crippen LogP contribution in [0.1, 0.15) is 23.7 Å². The van der Waals surface area contributed by atoms with Gasteiger partial charge < -0.3 is 10.5 Å². The highest BCUT2D eigenvalue weighted by atomic mass is 79.9. The molecule has 0 radical (unpaired) electrons. The summed E-state index contributed by atoms with van der Waals surface area (Å²) in [4.78, 5) is 11.4. The molecule has 0 amide bonds. The van der Waals surface area contributed by atoms with Crippen molar-refractivity contribution in [2.75, 3.05) is 12.3 Å². The molecule has 2 N–H and O–H groups in total. The van der Waals surface area contributed by atoms with Gasteiger partial charge in [-0.1, -0.05) is 6.92 Å². The summed E-state index contributed by atoms with van der Waals surface area (Å²) >= 11 is 3.06. The molecule has 3 nitrogen and oxygen atoms in total. The van der Waals surface area contributed by atoms with Gasteiger partial charge in [0.25, 0.3) is 0 Å². The van der Waals surface area contributed by atoms with E-state index in [2.05, 4.69) is 15.9 Å². The van der Waals surface area contributed by atoms with Crippen molar-refractivity contribution in [3.05, 3.63) is 28.0 Å². The molecule has 0 heterocycles. The molecule has 0 unspecified atom stereocenters. The van der Waals surface area contributed by atoms with Crippen molar-refractivity contribution in [3.8, 4) is 0 Å². The number of benzene rings is 1. The number of anilines is 1. The van der Waals surface area contributed by atoms with Crippen LogP contribution in [0.2, 0.25) is 0 Å². The average Bonchev–Trinajstić information content (AvgIpc) is 2.19. The monoisotopic (exact) mass is 275 g/mol. The molecular weight excluding hydrogens is 265 g/mol. The van der Waals surface area contributed by atoms with Gasteiger partial charge in [0.05, 0.1) is 17.9 Å². The Morgan fingerprint density at radius 2 is 2.27 bits per heavy atom. The summed E-state index contributed by atoms with van der Waals surface area (Å²) in [6, 6.07) is 2.27. The Balaban J connectivity index is 2.98. The maximum atomic E-state index is 13.0. The summed E-state index contributed by atoms with van der Waals surface area (Å²) in [6.07, 6.45) is 0.710. The first-order valence-electron chi connectivity index (χ1n) is 4.48. The maximum absolute atomic E-state index is 13.0. The molecule has 0 aliphatic rings. The van der Waals surface area contributed by atoms with Crippen molar-refractivity contribution in [1.82, 2.24) is 0 Å². The van der Waals surface area contributed by atoms with Crippen LogP contribution >= 0.6 is 15.9 Å². The molecule has 0 atom stereocenters. The summed E-state index contributed by atoms with van der Waals surface area (Å²) in [5, 5.41) is 0. The van der Waals surface area contributed by atoms with Gasteiger partial charge in [-0.05, 0) is 34.5 Å². The van der Waals surface area contributed by atoms with Gasteiger partial charge in [-0.3, -0.25) is 0 Å². The van der Waals surface area contributed by atoms with E-state index in [1.807, 2.05) is 6.92 Å². The predicted octanol–water partition coefficient (Wildman–Crippen LogP) is 2.74. The highest BCUT2D eigenvalue weighted by molar-refractivity contribution is 9.10. The summed E-state index contributed by atoms with van der Waals surface area (Å²) < 4.78 is 18.2. The van der Waals surface area contributed by atoms with Gasteiger partial charge in [0.1, 0.15) is 5.82 Å². The molecule has 82 valence electrons. The highest BCUT2D eigenvalue weighted by Crippen LogP contribution is 2.25. The lowest BCUT2D eigenvalue weighted by Gasteiger charge is -2.07. The second-order valence-corrected chi connectivity index (χ2v) is 3.84. The minimum atomic E-state index is -0.602. The zero-order chi connectivity index (χ0) is 11.4. The van der Waals surface area contributed by atoms with Crippen LogP contribution in [0.25, 0.3) is 0 Å². The van der Waals surface area contributed by atoms with Crippen LogP contribution in [0.4, 0.5) is 10.1 Å². The normalized spacial score (nSPS) is 10.1. The maximum Gasteiger partial charge on any atom is 0.340 e. The summed E-state index contributed by atoms with van der Waals surface area (Å²) in [6.45, 7) is 2.17. The van der Waals surface area contributed by atoms with E-state index >= 15 is 0 Å². The van der Waals surface area contributed by atoms with Crippen LogP contribution in [-0.4, -0.2) is 12.6 Å². The molecule has 0 spiro atoms. The minimum absolute atomic E-state index is 0.0512.